The van der Waals surface area contributed by atoms with Crippen LogP contribution in [0.25, 0.3) is 0 Å². The smallest absolute Gasteiger partial charge is 0.222 e. The fraction of sp³-hybridized carbons (Fsp3) is 0.900. The van der Waals surface area contributed by atoms with E-state index < -0.39 is 0 Å². The highest BCUT2D eigenvalue weighted by atomic mass is 127. The molecule has 2 rings (SSSR count). The molecule has 0 unspecified atom stereocenters. The number of guanidine groups is 1. The third kappa shape index (κ3) is 10.2. The molecule has 1 saturated heterocycles. The monoisotopic (exact) mass is 509 g/mol. The Morgan fingerprint density at radius 1 is 1.25 bits per heavy atom. The summed E-state index contributed by atoms with van der Waals surface area (Å²) < 4.78 is 5.22. The van der Waals surface area contributed by atoms with Crippen LogP contribution in [0.2, 0.25) is 0 Å². The van der Waals surface area contributed by atoms with Crippen LogP contribution in [0.15, 0.2) is 4.99 Å². The lowest BCUT2D eigenvalue weighted by molar-refractivity contribution is -0.130. The van der Waals surface area contributed by atoms with Crippen molar-refractivity contribution in [2.45, 2.75) is 57.9 Å². The molecule has 0 aromatic heterocycles. The van der Waals surface area contributed by atoms with Crippen LogP contribution in [0.5, 0.6) is 0 Å². The number of amides is 1. The summed E-state index contributed by atoms with van der Waals surface area (Å²) in [6, 6.07) is 0.743. The van der Waals surface area contributed by atoms with E-state index in [1.165, 1.54) is 19.3 Å². The van der Waals surface area contributed by atoms with E-state index in [1.807, 2.05) is 4.90 Å². The molecule has 0 bridgehead atoms. The maximum atomic E-state index is 12.0. The van der Waals surface area contributed by atoms with Crippen molar-refractivity contribution >= 4 is 35.8 Å². The van der Waals surface area contributed by atoms with Gasteiger partial charge in [-0.25, -0.2) is 0 Å². The third-order valence-corrected chi connectivity index (χ3v) is 5.21. The number of ether oxygens (including phenoxy) is 1. The van der Waals surface area contributed by atoms with E-state index in [0.717, 1.165) is 83.7 Å². The summed E-state index contributed by atoms with van der Waals surface area (Å²) in [7, 11) is 1.76. The predicted octanol–water partition coefficient (Wildman–Crippen LogP) is 2.06. The van der Waals surface area contributed by atoms with Gasteiger partial charge >= 0.3 is 0 Å². The van der Waals surface area contributed by atoms with Crippen molar-refractivity contribution in [3.8, 4) is 0 Å². The van der Waals surface area contributed by atoms with Crippen LogP contribution in [0.4, 0.5) is 0 Å². The summed E-state index contributed by atoms with van der Waals surface area (Å²) >= 11 is 0. The van der Waals surface area contributed by atoms with E-state index in [4.69, 9.17) is 4.74 Å². The molecule has 1 aliphatic heterocycles. The number of carbonyl (C=O) groups is 1. The number of nitrogens with zero attached hydrogens (tertiary/aromatic N) is 3. The molecule has 0 atom stereocenters. The van der Waals surface area contributed by atoms with Gasteiger partial charge in [0.15, 0.2) is 5.96 Å². The third-order valence-electron chi connectivity index (χ3n) is 5.21. The molecular formula is C20H40IN5O2. The lowest BCUT2D eigenvalue weighted by Gasteiger charge is -2.22. The van der Waals surface area contributed by atoms with Gasteiger partial charge in [0.1, 0.15) is 0 Å². The molecule has 2 N–H and O–H groups in total. The Morgan fingerprint density at radius 3 is 2.79 bits per heavy atom. The summed E-state index contributed by atoms with van der Waals surface area (Å²) in [6.45, 7) is 9.12. The molecule has 2 aliphatic rings. The zero-order valence-corrected chi connectivity index (χ0v) is 20.1. The quantitative estimate of drug-likeness (QED) is 0.183. The molecule has 0 aromatic rings. The summed E-state index contributed by atoms with van der Waals surface area (Å²) in [4.78, 5) is 21.2. The zero-order valence-electron chi connectivity index (χ0n) is 17.8. The first kappa shape index (κ1) is 25.4. The highest BCUT2D eigenvalue weighted by molar-refractivity contribution is 14.0. The van der Waals surface area contributed by atoms with Gasteiger partial charge in [0.25, 0.3) is 0 Å². The van der Waals surface area contributed by atoms with Crippen molar-refractivity contribution in [1.29, 1.82) is 0 Å². The Labute approximate surface area is 188 Å². The number of rotatable bonds is 12. The minimum atomic E-state index is 0. The Bertz CT molecular complexity index is 460. The number of aliphatic imine (C=N–C) groups is 1. The number of hydrogen-bond acceptors (Lipinski definition) is 4. The van der Waals surface area contributed by atoms with Gasteiger partial charge in [0, 0.05) is 65.4 Å². The first-order chi connectivity index (χ1) is 13.2. The first-order valence-electron chi connectivity index (χ1n) is 10.8. The molecular weight excluding hydrogens is 469 g/mol. The molecule has 1 saturated carbocycles. The number of methoxy groups -OCH3 is 1. The Balaban J connectivity index is 0.00000392. The van der Waals surface area contributed by atoms with E-state index in [1.54, 1.807) is 7.11 Å². The van der Waals surface area contributed by atoms with Crippen LogP contribution in [0.3, 0.4) is 0 Å². The minimum absolute atomic E-state index is 0. The number of likely N-dealkylation sites (tertiary alicyclic amines) is 1. The van der Waals surface area contributed by atoms with Gasteiger partial charge in [0.2, 0.25) is 5.91 Å². The normalized spacial score (nSPS) is 18.0. The maximum Gasteiger partial charge on any atom is 0.222 e. The fourth-order valence-electron chi connectivity index (χ4n) is 3.51. The fourth-order valence-corrected chi connectivity index (χ4v) is 3.51. The van der Waals surface area contributed by atoms with Gasteiger partial charge in [0.05, 0.1) is 6.61 Å². The van der Waals surface area contributed by atoms with Crippen LogP contribution >= 0.6 is 24.0 Å². The van der Waals surface area contributed by atoms with E-state index in [9.17, 15) is 4.79 Å². The van der Waals surface area contributed by atoms with Crippen molar-refractivity contribution in [1.82, 2.24) is 20.4 Å². The van der Waals surface area contributed by atoms with Gasteiger partial charge < -0.3 is 20.3 Å². The second-order valence-corrected chi connectivity index (χ2v) is 7.49. The lowest BCUT2D eigenvalue weighted by Crippen LogP contribution is -2.43. The van der Waals surface area contributed by atoms with Crippen molar-refractivity contribution < 1.29 is 9.53 Å². The molecule has 2 fully saturated rings. The molecule has 28 heavy (non-hydrogen) atoms. The van der Waals surface area contributed by atoms with Crippen molar-refractivity contribution in [3.05, 3.63) is 0 Å². The van der Waals surface area contributed by atoms with Gasteiger partial charge in [-0.1, -0.05) is 6.42 Å². The topological polar surface area (TPSA) is 69.2 Å². The SMILES string of the molecule is CCNC(=NCCCN1CCCCCC1=O)NCCN(CCOC)C1CC1.I. The molecule has 0 aromatic carbocycles. The number of halogens is 1. The van der Waals surface area contributed by atoms with Crippen molar-refractivity contribution in [2.24, 2.45) is 4.99 Å². The highest BCUT2D eigenvalue weighted by Crippen LogP contribution is 2.25. The second kappa shape index (κ2) is 15.3. The molecule has 8 heteroatoms. The molecule has 1 amide bonds. The highest BCUT2D eigenvalue weighted by Gasteiger charge is 2.28. The summed E-state index contributed by atoms with van der Waals surface area (Å²) in [5, 5.41) is 6.76. The molecule has 1 aliphatic carbocycles. The van der Waals surface area contributed by atoms with Crippen molar-refractivity contribution in [3.63, 3.8) is 0 Å². The van der Waals surface area contributed by atoms with Crippen LogP contribution in [-0.2, 0) is 9.53 Å². The Kier molecular flexibility index (Phi) is 13.9. The molecule has 164 valence electrons. The predicted molar refractivity (Wildman–Crippen MR) is 126 cm³/mol. The Morgan fingerprint density at radius 2 is 2.07 bits per heavy atom. The van der Waals surface area contributed by atoms with Gasteiger partial charge in [-0.2, -0.15) is 0 Å². The van der Waals surface area contributed by atoms with E-state index in [0.29, 0.717) is 12.3 Å². The molecule has 0 spiro atoms. The van der Waals surface area contributed by atoms with E-state index in [2.05, 4.69) is 27.4 Å². The largest absolute Gasteiger partial charge is 0.383 e. The number of hydrogen-bond donors (Lipinski definition) is 2. The standard InChI is InChI=1S/C20H39N5O2.HI/c1-3-21-20(23-12-15-24(16-17-27-2)18-9-10-18)22-11-7-14-25-13-6-4-5-8-19(25)26;/h18H,3-17H2,1-2H3,(H2,21,22,23);1H. The first-order valence-corrected chi connectivity index (χ1v) is 10.8. The van der Waals surface area contributed by atoms with Gasteiger partial charge in [-0.05, 0) is 39.0 Å². The lowest BCUT2D eigenvalue weighted by atomic mass is 10.2. The second-order valence-electron chi connectivity index (χ2n) is 7.49. The zero-order chi connectivity index (χ0) is 19.3. The van der Waals surface area contributed by atoms with E-state index in [-0.39, 0.29) is 24.0 Å². The average Bonchev–Trinajstić information content (AvgIpc) is 3.51. The van der Waals surface area contributed by atoms with Crippen LogP contribution < -0.4 is 10.6 Å². The number of nitrogens with one attached hydrogen (secondary N) is 2. The summed E-state index contributed by atoms with van der Waals surface area (Å²) in [5.41, 5.74) is 0. The van der Waals surface area contributed by atoms with E-state index >= 15 is 0 Å². The van der Waals surface area contributed by atoms with Gasteiger partial charge in [-0.15, -0.1) is 24.0 Å². The van der Waals surface area contributed by atoms with Crippen LogP contribution in [-0.4, -0.2) is 87.2 Å². The molecule has 1 heterocycles. The summed E-state index contributed by atoms with van der Waals surface area (Å²) in [6.07, 6.45) is 7.62. The molecule has 7 nitrogen and oxygen atoms in total. The average molecular weight is 509 g/mol. The summed E-state index contributed by atoms with van der Waals surface area (Å²) in [5.74, 6) is 1.19. The van der Waals surface area contributed by atoms with Crippen LogP contribution in [0.1, 0.15) is 51.9 Å². The maximum absolute atomic E-state index is 12.0. The minimum Gasteiger partial charge on any atom is -0.383 e. The number of carbonyl (C=O) groups excluding carboxylic acids is 1. The Hall–Kier alpha value is -0.610. The van der Waals surface area contributed by atoms with Gasteiger partial charge in [-0.3, -0.25) is 14.7 Å². The molecule has 0 radical (unpaired) electrons. The van der Waals surface area contributed by atoms with Crippen LogP contribution in [0, 0.1) is 0 Å². The van der Waals surface area contributed by atoms with Crippen molar-refractivity contribution in [2.75, 3.05) is 59.5 Å².